The van der Waals surface area contributed by atoms with Crippen molar-refractivity contribution in [2.24, 2.45) is 10.8 Å². The highest BCUT2D eigenvalue weighted by Crippen LogP contribution is 2.31. The molecule has 5 rings (SSSR count). The van der Waals surface area contributed by atoms with Gasteiger partial charge in [-0.3, -0.25) is 0 Å². The van der Waals surface area contributed by atoms with Crippen molar-refractivity contribution in [3.8, 4) is 0 Å². The standard InChI is InChI=1S/C7H14O2.C6H12O2.C5H10O2.C5H8O2.C4H8O2.C4H6O2.C4H8O.2C3H6O/c1-3-7(4-8-2)5-9-6-7;1-6(3-7-2)4-8-5-6;1-5(3-6-2)4-7-5;1-4(2)5(6)7-3;1-5-2-4-3-6-4;1-3-4(5)6-2;1-3-4-5-2;1-3-2-4-3;1-3-4-2/h3-6H2,1-2H3;3-5H2,1-2H3;3-4H2,1-2H3;1H2,2-3H3;4H,2-3H2,1H3;3H,1H2,2H3;3H,1,4H2,2H3;3H,2H2,1H3;3H,1H2,2H3. The normalized spacial score (nSPS) is 20.9. The van der Waals surface area contributed by atoms with Crippen molar-refractivity contribution in [2.45, 2.75) is 58.8 Å². The van der Waals surface area contributed by atoms with E-state index in [1.807, 2.05) is 6.92 Å². The number of carbonyl (C=O) groups is 2. The van der Waals surface area contributed by atoms with Gasteiger partial charge in [-0.25, -0.2) is 9.59 Å². The number of hydrogen-bond donors (Lipinski definition) is 0. The first-order chi connectivity index (χ1) is 26.5. The van der Waals surface area contributed by atoms with E-state index in [0.717, 1.165) is 78.8 Å². The summed E-state index contributed by atoms with van der Waals surface area (Å²) in [6.07, 6.45) is 6.37. The molecule has 0 aliphatic carbocycles. The molecule has 0 aromatic rings. The first-order valence-corrected chi connectivity index (χ1v) is 18.2. The molecule has 0 saturated carbocycles. The smallest absolute Gasteiger partial charge is 0.332 e. The zero-order chi connectivity index (χ0) is 43.9. The second kappa shape index (κ2) is 39.1. The van der Waals surface area contributed by atoms with Crippen LogP contribution in [0.3, 0.4) is 0 Å². The van der Waals surface area contributed by atoms with Crippen LogP contribution < -0.4 is 0 Å². The van der Waals surface area contributed by atoms with Gasteiger partial charge >= 0.3 is 11.9 Å². The molecule has 0 radical (unpaired) electrons. The summed E-state index contributed by atoms with van der Waals surface area (Å²) in [7, 11) is 12.7. The molecule has 0 bridgehead atoms. The molecule has 332 valence electrons. The molecule has 0 aromatic carbocycles. The van der Waals surface area contributed by atoms with Gasteiger partial charge < -0.3 is 61.6 Å². The molecule has 5 saturated heterocycles. The molecule has 5 aliphatic rings. The van der Waals surface area contributed by atoms with Crippen LogP contribution >= 0.6 is 0 Å². The average molecular weight is 811 g/mol. The van der Waals surface area contributed by atoms with Crippen LogP contribution in [0.4, 0.5) is 0 Å². The lowest BCUT2D eigenvalue weighted by molar-refractivity contribution is -0.144. The number of ether oxygens (including phenoxy) is 13. The maximum Gasteiger partial charge on any atom is 0.332 e. The fraction of sp³-hybridized carbons (Fsp3) is 0.756. The zero-order valence-electron chi connectivity index (χ0n) is 37.0. The minimum atomic E-state index is -0.394. The van der Waals surface area contributed by atoms with E-state index in [4.69, 9.17) is 42.6 Å². The summed E-state index contributed by atoms with van der Waals surface area (Å²) in [6, 6.07) is 0. The van der Waals surface area contributed by atoms with Crippen molar-refractivity contribution in [3.63, 3.8) is 0 Å². The molecule has 15 heteroatoms. The third-order valence-electron chi connectivity index (χ3n) is 7.11. The summed E-state index contributed by atoms with van der Waals surface area (Å²) in [5.74, 6) is -0.741. The SMILES string of the molecule is C=C(C)C(=O)OC.C=CC(=O)OC.C=CCOC.C=COC.CC1CO1.CCC1(COC)COC1.COCC1(C)CO1.COCC1(C)COC1.COCC1CO1. The van der Waals surface area contributed by atoms with Crippen LogP contribution in [0.15, 0.2) is 50.3 Å². The number of carbonyl (C=O) groups excluding carboxylic acids is 2. The summed E-state index contributed by atoms with van der Waals surface area (Å²) in [4.78, 5) is 20.0. The Morgan fingerprint density at radius 1 is 0.750 bits per heavy atom. The van der Waals surface area contributed by atoms with Gasteiger partial charge in [-0.2, -0.15) is 0 Å². The quantitative estimate of drug-likeness (QED) is 0.0733. The van der Waals surface area contributed by atoms with Gasteiger partial charge in [0.15, 0.2) is 0 Å². The van der Waals surface area contributed by atoms with E-state index < -0.39 is 5.97 Å². The van der Waals surface area contributed by atoms with E-state index in [-0.39, 0.29) is 11.6 Å². The van der Waals surface area contributed by atoms with Gasteiger partial charge in [-0.15, -0.1) is 6.58 Å². The van der Waals surface area contributed by atoms with Crippen molar-refractivity contribution >= 4 is 11.9 Å². The first kappa shape index (κ1) is 60.0. The number of methoxy groups -OCH3 is 8. The molecule has 0 N–H and O–H groups in total. The third-order valence-corrected chi connectivity index (χ3v) is 7.11. The van der Waals surface area contributed by atoms with Crippen LogP contribution in [0, 0.1) is 10.8 Å². The predicted octanol–water partition coefficient (Wildman–Crippen LogP) is 5.26. The first-order valence-electron chi connectivity index (χ1n) is 18.2. The van der Waals surface area contributed by atoms with Gasteiger partial charge in [-0.05, 0) is 27.2 Å². The van der Waals surface area contributed by atoms with E-state index in [1.54, 1.807) is 55.7 Å². The van der Waals surface area contributed by atoms with Crippen LogP contribution in [0.25, 0.3) is 0 Å². The van der Waals surface area contributed by atoms with E-state index in [9.17, 15) is 9.59 Å². The minimum Gasteiger partial charge on any atom is -0.505 e. The minimum absolute atomic E-state index is 0.0781. The van der Waals surface area contributed by atoms with Gasteiger partial charge in [0.2, 0.25) is 0 Å². The van der Waals surface area contributed by atoms with Crippen molar-refractivity contribution in [1.82, 2.24) is 0 Å². The molecule has 0 aromatic heterocycles. The fourth-order valence-electron chi connectivity index (χ4n) is 3.30. The Morgan fingerprint density at radius 2 is 1.23 bits per heavy atom. The number of rotatable bonds is 14. The van der Waals surface area contributed by atoms with Gasteiger partial charge in [0.05, 0.1) is 113 Å². The maximum atomic E-state index is 10.2. The number of esters is 2. The van der Waals surface area contributed by atoms with Gasteiger partial charge in [0.1, 0.15) is 11.7 Å². The largest absolute Gasteiger partial charge is 0.505 e. The lowest BCUT2D eigenvalue weighted by Gasteiger charge is -2.39. The highest BCUT2D eigenvalue weighted by Gasteiger charge is 2.39. The third kappa shape index (κ3) is 42.4. The van der Waals surface area contributed by atoms with Crippen LogP contribution in [-0.2, 0) is 71.2 Å². The zero-order valence-corrected chi connectivity index (χ0v) is 37.0. The van der Waals surface area contributed by atoms with E-state index in [1.165, 1.54) is 26.9 Å². The van der Waals surface area contributed by atoms with Crippen molar-refractivity contribution in [3.05, 3.63) is 50.3 Å². The van der Waals surface area contributed by atoms with Gasteiger partial charge in [0.25, 0.3) is 0 Å². The van der Waals surface area contributed by atoms with E-state index >= 15 is 0 Å². The van der Waals surface area contributed by atoms with Crippen LogP contribution in [0.1, 0.15) is 41.0 Å². The molecule has 5 aliphatic heterocycles. The Kier molecular flexibility index (Phi) is 41.9. The summed E-state index contributed by atoms with van der Waals surface area (Å²) < 4.78 is 61.6. The van der Waals surface area contributed by atoms with Gasteiger partial charge in [-0.1, -0.05) is 39.7 Å². The van der Waals surface area contributed by atoms with E-state index in [0.29, 0.717) is 35.2 Å². The summed E-state index contributed by atoms with van der Waals surface area (Å²) in [5, 5.41) is 0. The Balaban J connectivity index is -0.000000275. The van der Waals surface area contributed by atoms with Crippen molar-refractivity contribution < 1.29 is 71.2 Å². The summed E-state index contributed by atoms with van der Waals surface area (Å²) in [5.41, 5.74) is 1.21. The van der Waals surface area contributed by atoms with Crippen LogP contribution in [0.2, 0.25) is 0 Å². The second-order valence-corrected chi connectivity index (χ2v) is 13.4. The molecule has 5 fully saturated rings. The Labute approximate surface area is 338 Å². The van der Waals surface area contributed by atoms with Crippen molar-refractivity contribution in [1.29, 1.82) is 0 Å². The predicted molar refractivity (Wildman–Crippen MR) is 218 cm³/mol. The molecule has 15 nitrogen and oxygen atoms in total. The highest BCUT2D eigenvalue weighted by atomic mass is 16.6. The number of hydrogen-bond acceptors (Lipinski definition) is 15. The second-order valence-electron chi connectivity index (χ2n) is 13.4. The molecule has 5 heterocycles. The topological polar surface area (TPSA) is 164 Å². The lowest BCUT2D eigenvalue weighted by Crippen LogP contribution is -2.45. The molecular formula is C41H78O15. The number of epoxide rings is 3. The van der Waals surface area contributed by atoms with Crippen LogP contribution in [-0.4, -0.2) is 166 Å². The summed E-state index contributed by atoms with van der Waals surface area (Å²) >= 11 is 0. The Morgan fingerprint density at radius 3 is 1.30 bits per heavy atom. The highest BCUT2D eigenvalue weighted by molar-refractivity contribution is 5.86. The summed E-state index contributed by atoms with van der Waals surface area (Å²) in [6.45, 7) is 33.3. The molecule has 56 heavy (non-hydrogen) atoms. The maximum absolute atomic E-state index is 10.2. The van der Waals surface area contributed by atoms with E-state index in [2.05, 4.69) is 66.0 Å². The lowest BCUT2D eigenvalue weighted by atomic mass is 9.84. The molecular weight excluding hydrogens is 732 g/mol. The molecule has 3 atom stereocenters. The van der Waals surface area contributed by atoms with Gasteiger partial charge in [0, 0.05) is 58.0 Å². The Hall–Kier alpha value is -2.70. The monoisotopic (exact) mass is 811 g/mol. The molecule has 3 unspecified atom stereocenters. The van der Waals surface area contributed by atoms with Crippen molar-refractivity contribution in [2.75, 3.05) is 136 Å². The fourth-order valence-corrected chi connectivity index (χ4v) is 3.30. The van der Waals surface area contributed by atoms with Crippen LogP contribution in [0.5, 0.6) is 0 Å². The molecule has 0 spiro atoms. The average Bonchev–Trinajstić information content (AvgIpc) is 4.08. The Bertz CT molecular complexity index is 963. The molecule has 0 amide bonds.